The molecule has 0 saturated carbocycles. The second-order valence-corrected chi connectivity index (χ2v) is 5.54. The quantitative estimate of drug-likeness (QED) is 0.885. The average molecular weight is 248 g/mol. The van der Waals surface area contributed by atoms with Gasteiger partial charge in [0.1, 0.15) is 0 Å². The summed E-state index contributed by atoms with van der Waals surface area (Å²) < 4.78 is 5.12. The fourth-order valence-corrected chi connectivity index (χ4v) is 2.81. The van der Waals surface area contributed by atoms with Crippen LogP contribution in [0.15, 0.2) is 24.3 Å². The zero-order valence-corrected chi connectivity index (χ0v) is 11.4. The minimum absolute atomic E-state index is 0.335. The first-order valence-electron chi connectivity index (χ1n) is 6.72. The molecule has 0 radical (unpaired) electrons. The van der Waals surface area contributed by atoms with Gasteiger partial charge < -0.3 is 10.5 Å². The first kappa shape index (κ1) is 13.5. The molecule has 1 fully saturated rings. The first-order chi connectivity index (χ1) is 8.67. The molecule has 2 N–H and O–H groups in total. The van der Waals surface area contributed by atoms with Crippen LogP contribution in [0.25, 0.3) is 0 Å². The molecule has 18 heavy (non-hydrogen) atoms. The van der Waals surface area contributed by atoms with E-state index < -0.39 is 0 Å². The molecule has 0 spiro atoms. The van der Waals surface area contributed by atoms with Crippen molar-refractivity contribution < 1.29 is 4.74 Å². The van der Waals surface area contributed by atoms with Crippen LogP contribution in [0, 0.1) is 5.92 Å². The lowest BCUT2D eigenvalue weighted by Gasteiger charge is -2.34. The molecule has 0 aromatic heterocycles. The number of nitrogens with zero attached hydrogens (tertiary/aromatic N) is 1. The molecule has 1 aromatic carbocycles. The highest BCUT2D eigenvalue weighted by Gasteiger charge is 2.21. The number of rotatable bonds is 4. The number of hydrogen-bond acceptors (Lipinski definition) is 3. The van der Waals surface area contributed by atoms with Crippen molar-refractivity contribution in [3.8, 4) is 0 Å². The predicted octanol–water partition coefficient (Wildman–Crippen LogP) is 2.00. The number of methoxy groups -OCH3 is 1. The van der Waals surface area contributed by atoms with Gasteiger partial charge in [-0.05, 0) is 23.5 Å². The van der Waals surface area contributed by atoms with Crippen LogP contribution in [0.2, 0.25) is 0 Å². The number of benzene rings is 1. The van der Waals surface area contributed by atoms with Crippen molar-refractivity contribution in [2.75, 3.05) is 20.2 Å². The maximum absolute atomic E-state index is 6.07. The van der Waals surface area contributed by atoms with E-state index in [0.29, 0.717) is 18.6 Å². The zero-order chi connectivity index (χ0) is 13.0. The van der Waals surface area contributed by atoms with Gasteiger partial charge in [0.25, 0.3) is 0 Å². The van der Waals surface area contributed by atoms with Crippen LogP contribution in [0.4, 0.5) is 0 Å². The largest absolute Gasteiger partial charge is 0.380 e. The van der Waals surface area contributed by atoms with Crippen molar-refractivity contribution >= 4 is 0 Å². The summed E-state index contributed by atoms with van der Waals surface area (Å²) in [7, 11) is 1.73. The van der Waals surface area contributed by atoms with E-state index in [2.05, 4.69) is 36.1 Å². The van der Waals surface area contributed by atoms with E-state index in [1.54, 1.807) is 7.11 Å². The highest BCUT2D eigenvalue weighted by atomic mass is 16.5. The van der Waals surface area contributed by atoms with E-state index in [9.17, 15) is 0 Å². The van der Waals surface area contributed by atoms with E-state index in [-0.39, 0.29) is 0 Å². The number of piperidine rings is 1. The van der Waals surface area contributed by atoms with Crippen LogP contribution < -0.4 is 5.73 Å². The third-order valence-corrected chi connectivity index (χ3v) is 3.51. The third-order valence-electron chi connectivity index (χ3n) is 3.51. The van der Waals surface area contributed by atoms with Crippen molar-refractivity contribution in [1.82, 2.24) is 4.90 Å². The van der Waals surface area contributed by atoms with Crippen LogP contribution in [-0.2, 0) is 17.9 Å². The van der Waals surface area contributed by atoms with Crippen LogP contribution in [0.1, 0.15) is 24.5 Å². The van der Waals surface area contributed by atoms with E-state index in [1.165, 1.54) is 11.1 Å². The minimum atomic E-state index is 0.335. The summed E-state index contributed by atoms with van der Waals surface area (Å²) in [6, 6.07) is 9.01. The Bertz CT molecular complexity index is 353. The summed E-state index contributed by atoms with van der Waals surface area (Å²) in [5, 5.41) is 0. The Morgan fingerprint density at radius 1 is 1.22 bits per heavy atom. The highest BCUT2D eigenvalue weighted by molar-refractivity contribution is 5.22. The molecule has 1 saturated heterocycles. The van der Waals surface area contributed by atoms with Crippen LogP contribution in [0.3, 0.4) is 0 Å². The molecule has 0 aliphatic carbocycles. The molecule has 2 atom stereocenters. The van der Waals surface area contributed by atoms with Crippen molar-refractivity contribution in [2.24, 2.45) is 11.7 Å². The molecule has 2 unspecified atom stereocenters. The molecule has 1 heterocycles. The van der Waals surface area contributed by atoms with Crippen molar-refractivity contribution in [3.63, 3.8) is 0 Å². The van der Waals surface area contributed by atoms with Crippen molar-refractivity contribution in [1.29, 1.82) is 0 Å². The van der Waals surface area contributed by atoms with Gasteiger partial charge in [-0.3, -0.25) is 4.90 Å². The molecule has 0 amide bonds. The topological polar surface area (TPSA) is 38.5 Å². The lowest BCUT2D eigenvalue weighted by molar-refractivity contribution is 0.158. The summed E-state index contributed by atoms with van der Waals surface area (Å²) in [6.45, 7) is 6.16. The van der Waals surface area contributed by atoms with Gasteiger partial charge in [-0.15, -0.1) is 0 Å². The molecule has 2 rings (SSSR count). The van der Waals surface area contributed by atoms with Gasteiger partial charge in [0.2, 0.25) is 0 Å². The second kappa shape index (κ2) is 6.32. The molecule has 1 aliphatic rings. The predicted molar refractivity (Wildman–Crippen MR) is 74.2 cm³/mol. The summed E-state index contributed by atoms with van der Waals surface area (Å²) >= 11 is 0. The van der Waals surface area contributed by atoms with E-state index in [1.807, 2.05) is 0 Å². The van der Waals surface area contributed by atoms with Gasteiger partial charge in [0.05, 0.1) is 6.61 Å². The fourth-order valence-electron chi connectivity index (χ4n) is 2.81. The van der Waals surface area contributed by atoms with Crippen LogP contribution in [0.5, 0.6) is 0 Å². The second-order valence-electron chi connectivity index (χ2n) is 5.54. The lowest BCUT2D eigenvalue weighted by atomic mass is 9.96. The van der Waals surface area contributed by atoms with Gasteiger partial charge >= 0.3 is 0 Å². The van der Waals surface area contributed by atoms with Crippen LogP contribution >= 0.6 is 0 Å². The fraction of sp³-hybridized carbons (Fsp3) is 0.600. The van der Waals surface area contributed by atoms with Crippen molar-refractivity contribution in [3.05, 3.63) is 35.4 Å². The number of likely N-dealkylation sites (tertiary alicyclic amines) is 1. The lowest BCUT2D eigenvalue weighted by Crippen LogP contribution is -2.45. The van der Waals surface area contributed by atoms with E-state index in [4.69, 9.17) is 10.5 Å². The van der Waals surface area contributed by atoms with Crippen LogP contribution in [-0.4, -0.2) is 31.1 Å². The molecular formula is C15H24N2O. The standard InChI is InChI=1S/C15H24N2O/c1-12-7-15(16)10-17(8-12)9-13-3-5-14(6-4-13)11-18-2/h3-6,12,15H,7-11,16H2,1-2H3. The molecule has 0 bridgehead atoms. The number of hydrogen-bond donors (Lipinski definition) is 1. The average Bonchev–Trinajstić information content (AvgIpc) is 2.31. The maximum Gasteiger partial charge on any atom is 0.0713 e. The summed E-state index contributed by atoms with van der Waals surface area (Å²) in [4.78, 5) is 2.46. The Kier molecular flexibility index (Phi) is 4.75. The Labute approximate surface area is 110 Å². The van der Waals surface area contributed by atoms with Gasteiger partial charge in [-0.25, -0.2) is 0 Å². The smallest absolute Gasteiger partial charge is 0.0713 e. The van der Waals surface area contributed by atoms with Crippen molar-refractivity contribution in [2.45, 2.75) is 32.5 Å². The summed E-state index contributed by atoms with van der Waals surface area (Å²) in [6.07, 6.45) is 1.16. The molecular weight excluding hydrogens is 224 g/mol. The minimum Gasteiger partial charge on any atom is -0.380 e. The Morgan fingerprint density at radius 2 is 1.89 bits per heavy atom. The normalized spacial score (nSPS) is 25.3. The van der Waals surface area contributed by atoms with Gasteiger partial charge in [-0.2, -0.15) is 0 Å². The molecule has 100 valence electrons. The van der Waals surface area contributed by atoms with E-state index >= 15 is 0 Å². The SMILES string of the molecule is COCc1ccc(CN2CC(C)CC(N)C2)cc1. The Morgan fingerprint density at radius 3 is 2.50 bits per heavy atom. The summed E-state index contributed by atoms with van der Waals surface area (Å²) in [5.74, 6) is 0.710. The maximum atomic E-state index is 6.07. The summed E-state index contributed by atoms with van der Waals surface area (Å²) in [5.41, 5.74) is 8.66. The molecule has 1 aromatic rings. The zero-order valence-electron chi connectivity index (χ0n) is 11.4. The van der Waals surface area contributed by atoms with E-state index in [0.717, 1.165) is 26.1 Å². The van der Waals surface area contributed by atoms with Gasteiger partial charge in [-0.1, -0.05) is 31.2 Å². The monoisotopic (exact) mass is 248 g/mol. The van der Waals surface area contributed by atoms with Gasteiger partial charge in [0.15, 0.2) is 0 Å². The number of nitrogens with two attached hydrogens (primary N) is 1. The highest BCUT2D eigenvalue weighted by Crippen LogP contribution is 2.17. The molecule has 1 aliphatic heterocycles. The first-order valence-corrected chi connectivity index (χ1v) is 6.72. The molecule has 3 nitrogen and oxygen atoms in total. The third kappa shape index (κ3) is 3.80. The molecule has 3 heteroatoms. The van der Waals surface area contributed by atoms with Gasteiger partial charge in [0, 0.05) is 32.8 Å². The Hall–Kier alpha value is -0.900. The Balaban J connectivity index is 1.92. The number of ether oxygens (including phenoxy) is 1.